The second kappa shape index (κ2) is 10.8. The molecule has 0 radical (unpaired) electrons. The van der Waals surface area contributed by atoms with Crippen molar-refractivity contribution in [1.82, 2.24) is 15.2 Å². The molecule has 1 unspecified atom stereocenters. The smallest absolute Gasteiger partial charge is 0.252 e. The number of likely N-dealkylation sites (tertiary alicyclic amines) is 1. The van der Waals surface area contributed by atoms with E-state index >= 15 is 0 Å². The van der Waals surface area contributed by atoms with Crippen molar-refractivity contribution in [2.75, 3.05) is 37.8 Å². The zero-order valence-corrected chi connectivity index (χ0v) is 19.8. The molecule has 5 nitrogen and oxygen atoms in total. The van der Waals surface area contributed by atoms with Crippen LogP contribution in [0.5, 0.6) is 0 Å². The van der Waals surface area contributed by atoms with Gasteiger partial charge in [0.1, 0.15) is 5.82 Å². The number of para-hydroxylation sites is 1. The summed E-state index contributed by atoms with van der Waals surface area (Å²) in [6, 6.07) is 17.9. The van der Waals surface area contributed by atoms with Gasteiger partial charge in [-0.1, -0.05) is 31.2 Å². The quantitative estimate of drug-likeness (QED) is 0.349. The van der Waals surface area contributed by atoms with Crippen LogP contribution < -0.4 is 10.6 Å². The van der Waals surface area contributed by atoms with Crippen molar-refractivity contribution in [2.45, 2.75) is 31.1 Å². The molecule has 2 N–H and O–H groups in total. The van der Waals surface area contributed by atoms with Crippen molar-refractivity contribution in [3.05, 3.63) is 60.2 Å². The van der Waals surface area contributed by atoms with E-state index in [0.717, 1.165) is 35.5 Å². The summed E-state index contributed by atoms with van der Waals surface area (Å²) in [5, 5.41) is 7.37. The van der Waals surface area contributed by atoms with Crippen LogP contribution in [0, 0.1) is 5.92 Å². The maximum atomic E-state index is 13.1. The first-order chi connectivity index (χ1) is 15.6. The minimum Gasteiger partial charge on any atom is -0.352 e. The van der Waals surface area contributed by atoms with Gasteiger partial charge in [-0.3, -0.25) is 4.79 Å². The molecule has 2 aromatic carbocycles. The lowest BCUT2D eigenvalue weighted by Crippen LogP contribution is -2.36. The highest BCUT2D eigenvalue weighted by atomic mass is 32.2. The lowest BCUT2D eigenvalue weighted by atomic mass is 10.0. The fraction of sp³-hybridized carbons (Fsp3) is 0.385. The van der Waals surface area contributed by atoms with Crippen molar-refractivity contribution < 1.29 is 4.79 Å². The first-order valence-corrected chi connectivity index (χ1v) is 12.7. The molecule has 6 heteroatoms. The number of nitrogens with one attached hydrogen (secondary N) is 2. The first-order valence-electron chi connectivity index (χ1n) is 11.4. The Morgan fingerprint density at radius 3 is 2.91 bits per heavy atom. The predicted octanol–water partition coefficient (Wildman–Crippen LogP) is 5.55. The molecule has 2 heterocycles. The third-order valence-electron chi connectivity index (χ3n) is 5.98. The van der Waals surface area contributed by atoms with Crippen LogP contribution in [-0.2, 0) is 0 Å². The second-order valence-corrected chi connectivity index (χ2v) is 9.47. The number of thioether (sulfide) groups is 1. The normalized spacial score (nSPS) is 16.8. The third-order valence-corrected chi connectivity index (χ3v) is 6.71. The molecule has 0 saturated carbocycles. The highest BCUT2D eigenvalue weighted by molar-refractivity contribution is 7.98. The molecule has 3 aromatic rings. The Morgan fingerprint density at radius 2 is 2.06 bits per heavy atom. The van der Waals surface area contributed by atoms with Crippen LogP contribution in [0.2, 0.25) is 0 Å². The number of carbonyl (C=O) groups is 1. The number of pyridine rings is 1. The summed E-state index contributed by atoms with van der Waals surface area (Å²) >= 11 is 1.70. The third kappa shape index (κ3) is 5.81. The lowest BCUT2D eigenvalue weighted by molar-refractivity contribution is 0.0951. The van der Waals surface area contributed by atoms with E-state index < -0.39 is 0 Å². The monoisotopic (exact) mass is 448 g/mol. The minimum atomic E-state index is -0.0449. The molecule has 1 aromatic heterocycles. The minimum absolute atomic E-state index is 0.0449. The van der Waals surface area contributed by atoms with Crippen LogP contribution >= 0.6 is 11.8 Å². The maximum Gasteiger partial charge on any atom is 0.252 e. The van der Waals surface area contributed by atoms with Gasteiger partial charge in [-0.2, -0.15) is 0 Å². The van der Waals surface area contributed by atoms with E-state index in [2.05, 4.69) is 40.8 Å². The molecule has 1 aliphatic heterocycles. The predicted molar refractivity (Wildman–Crippen MR) is 135 cm³/mol. The number of anilines is 2. The van der Waals surface area contributed by atoms with E-state index in [1.54, 1.807) is 11.8 Å². The average Bonchev–Trinajstić information content (AvgIpc) is 2.81. The first kappa shape index (κ1) is 22.6. The molecule has 1 saturated heterocycles. The number of piperidine rings is 1. The molecule has 1 fully saturated rings. The van der Waals surface area contributed by atoms with Gasteiger partial charge in [0.2, 0.25) is 0 Å². The highest BCUT2D eigenvalue weighted by Crippen LogP contribution is 2.25. The Bertz CT molecular complexity index is 1070. The van der Waals surface area contributed by atoms with Gasteiger partial charge in [0, 0.05) is 29.1 Å². The van der Waals surface area contributed by atoms with E-state index in [4.69, 9.17) is 4.98 Å². The second-order valence-electron chi connectivity index (χ2n) is 8.59. The summed E-state index contributed by atoms with van der Waals surface area (Å²) in [4.78, 5) is 21.5. The summed E-state index contributed by atoms with van der Waals surface area (Å²) < 4.78 is 0. The number of fused-ring (bicyclic) bond motifs is 1. The molecule has 1 amide bonds. The zero-order chi connectivity index (χ0) is 22.3. The van der Waals surface area contributed by atoms with E-state index in [1.807, 2.05) is 42.5 Å². The largest absolute Gasteiger partial charge is 0.352 e. The number of nitrogens with zero attached hydrogens (tertiary/aromatic N) is 2. The standard InChI is InChI=1S/C26H32N4OS/c1-19-8-6-14-30(18-19)15-7-13-27-26(31)23-17-25(29-24-12-4-3-11-22(23)24)28-20-9-5-10-21(16-20)32-2/h3-5,9-12,16-17,19H,6-8,13-15,18H2,1-2H3,(H,27,31)(H,28,29). The van der Waals surface area contributed by atoms with Gasteiger partial charge in [0.05, 0.1) is 11.1 Å². The SMILES string of the molecule is CSc1cccc(Nc2cc(C(=O)NCCCN3CCCC(C)C3)c3ccccc3n2)c1. The summed E-state index contributed by atoms with van der Waals surface area (Å²) in [7, 11) is 0. The van der Waals surface area contributed by atoms with Crippen LogP contribution in [0.4, 0.5) is 11.5 Å². The van der Waals surface area contributed by atoms with Gasteiger partial charge in [-0.25, -0.2) is 4.98 Å². The van der Waals surface area contributed by atoms with Gasteiger partial charge in [-0.05, 0) is 74.9 Å². The van der Waals surface area contributed by atoms with Crippen LogP contribution in [0.25, 0.3) is 10.9 Å². The molecule has 0 spiro atoms. The number of aromatic nitrogens is 1. The maximum absolute atomic E-state index is 13.1. The zero-order valence-electron chi connectivity index (χ0n) is 18.9. The Hall–Kier alpha value is -2.57. The van der Waals surface area contributed by atoms with E-state index in [-0.39, 0.29) is 5.91 Å². The van der Waals surface area contributed by atoms with Crippen molar-refractivity contribution in [1.29, 1.82) is 0 Å². The molecular formula is C26H32N4OS. The number of hydrogen-bond donors (Lipinski definition) is 2. The summed E-state index contributed by atoms with van der Waals surface area (Å²) in [5.74, 6) is 1.41. The van der Waals surface area contributed by atoms with E-state index in [9.17, 15) is 4.79 Å². The van der Waals surface area contributed by atoms with Crippen LogP contribution in [0.1, 0.15) is 36.5 Å². The van der Waals surface area contributed by atoms with Gasteiger partial charge < -0.3 is 15.5 Å². The van der Waals surface area contributed by atoms with Crippen LogP contribution in [0.3, 0.4) is 0 Å². The Morgan fingerprint density at radius 1 is 1.19 bits per heavy atom. The average molecular weight is 449 g/mol. The fourth-order valence-electron chi connectivity index (χ4n) is 4.37. The fourth-order valence-corrected chi connectivity index (χ4v) is 4.83. The summed E-state index contributed by atoms with van der Waals surface area (Å²) in [5.41, 5.74) is 2.43. The Kier molecular flexibility index (Phi) is 7.66. The summed E-state index contributed by atoms with van der Waals surface area (Å²) in [6.45, 7) is 6.40. The molecule has 0 bridgehead atoms. The van der Waals surface area contributed by atoms with Crippen molar-refractivity contribution in [3.63, 3.8) is 0 Å². The number of hydrogen-bond acceptors (Lipinski definition) is 5. The number of amides is 1. The summed E-state index contributed by atoms with van der Waals surface area (Å²) in [6.07, 6.45) is 5.64. The number of benzene rings is 2. The lowest BCUT2D eigenvalue weighted by Gasteiger charge is -2.30. The molecule has 32 heavy (non-hydrogen) atoms. The Balaban J connectivity index is 1.45. The highest BCUT2D eigenvalue weighted by Gasteiger charge is 2.16. The van der Waals surface area contributed by atoms with E-state index in [1.165, 1.54) is 30.8 Å². The Labute approximate surface area is 195 Å². The van der Waals surface area contributed by atoms with Gasteiger partial charge in [-0.15, -0.1) is 11.8 Å². The molecule has 1 aliphatic rings. The number of carbonyl (C=O) groups excluding carboxylic acids is 1. The molecular weight excluding hydrogens is 416 g/mol. The molecule has 0 aliphatic carbocycles. The van der Waals surface area contributed by atoms with Crippen molar-refractivity contribution in [2.24, 2.45) is 5.92 Å². The van der Waals surface area contributed by atoms with Gasteiger partial charge in [0.15, 0.2) is 0 Å². The molecule has 168 valence electrons. The van der Waals surface area contributed by atoms with Crippen molar-refractivity contribution >= 4 is 40.1 Å². The topological polar surface area (TPSA) is 57.3 Å². The number of rotatable bonds is 8. The molecule has 1 atom stereocenters. The molecule has 4 rings (SSSR count). The van der Waals surface area contributed by atoms with Crippen molar-refractivity contribution in [3.8, 4) is 0 Å². The van der Waals surface area contributed by atoms with Crippen LogP contribution in [-0.4, -0.2) is 48.2 Å². The van der Waals surface area contributed by atoms with E-state index in [0.29, 0.717) is 17.9 Å². The van der Waals surface area contributed by atoms with Gasteiger partial charge in [0.25, 0.3) is 5.91 Å². The van der Waals surface area contributed by atoms with Gasteiger partial charge >= 0.3 is 0 Å². The van der Waals surface area contributed by atoms with Crippen LogP contribution in [0.15, 0.2) is 59.5 Å².